The maximum atomic E-state index is 6.20. The number of ether oxygens (including phenoxy) is 1. The molecule has 0 heterocycles. The summed E-state index contributed by atoms with van der Waals surface area (Å²) in [6.07, 6.45) is 2.56. The maximum Gasteiger partial charge on any atom is 0.118 e. The number of halogens is 2. The molecular weight excluding hydrogens is 305 g/mol. The molecule has 2 aromatic carbocycles. The van der Waals surface area contributed by atoms with Crippen molar-refractivity contribution in [3.8, 4) is 5.75 Å². The Morgan fingerprint density at radius 3 is 2.48 bits per heavy atom. The molecule has 0 amide bonds. The van der Waals surface area contributed by atoms with Gasteiger partial charge >= 0.3 is 0 Å². The summed E-state index contributed by atoms with van der Waals surface area (Å²) in [6.45, 7) is 0. The van der Waals surface area contributed by atoms with Crippen molar-refractivity contribution in [1.29, 1.82) is 0 Å². The van der Waals surface area contributed by atoms with E-state index in [2.05, 4.69) is 12.1 Å². The Morgan fingerprint density at radius 1 is 1.10 bits per heavy atom. The molecule has 112 valence electrons. The highest BCUT2D eigenvalue weighted by Gasteiger charge is 2.09. The van der Waals surface area contributed by atoms with Crippen LogP contribution in [0, 0.1) is 0 Å². The first-order valence-electron chi connectivity index (χ1n) is 6.91. The number of nitrogens with two attached hydrogens (primary N) is 1. The summed E-state index contributed by atoms with van der Waals surface area (Å²) >= 11 is 12.2. The highest BCUT2D eigenvalue weighted by molar-refractivity contribution is 6.42. The van der Waals surface area contributed by atoms with Crippen LogP contribution in [0.1, 0.15) is 17.5 Å². The smallest absolute Gasteiger partial charge is 0.118 e. The van der Waals surface area contributed by atoms with Gasteiger partial charge < -0.3 is 10.5 Å². The fraction of sp³-hybridized carbons (Fsp3) is 0.294. The standard InChI is InChI=1S/C17H19Cl2NO/c1-21-15-9-6-12(7-10-15)5-8-14(20)11-13-3-2-4-16(18)17(13)19/h2-4,6-7,9-10,14H,5,8,11,20H2,1H3. The van der Waals surface area contributed by atoms with Crippen LogP contribution in [0.5, 0.6) is 5.75 Å². The highest BCUT2D eigenvalue weighted by atomic mass is 35.5. The van der Waals surface area contributed by atoms with E-state index < -0.39 is 0 Å². The number of hydrogen-bond donors (Lipinski definition) is 1. The summed E-state index contributed by atoms with van der Waals surface area (Å²) in [5.41, 5.74) is 8.46. The van der Waals surface area contributed by atoms with Crippen molar-refractivity contribution in [2.45, 2.75) is 25.3 Å². The van der Waals surface area contributed by atoms with Gasteiger partial charge in [-0.15, -0.1) is 0 Å². The number of methoxy groups -OCH3 is 1. The van der Waals surface area contributed by atoms with Crippen molar-refractivity contribution in [3.05, 3.63) is 63.6 Å². The molecule has 2 nitrogen and oxygen atoms in total. The minimum absolute atomic E-state index is 0.0584. The van der Waals surface area contributed by atoms with Crippen LogP contribution < -0.4 is 10.5 Å². The van der Waals surface area contributed by atoms with Crippen LogP contribution in [0.4, 0.5) is 0 Å². The Balaban J connectivity index is 1.89. The van der Waals surface area contributed by atoms with Gasteiger partial charge in [-0.05, 0) is 48.6 Å². The van der Waals surface area contributed by atoms with E-state index in [0.29, 0.717) is 10.0 Å². The summed E-state index contributed by atoms with van der Waals surface area (Å²) in [4.78, 5) is 0. The predicted octanol–water partition coefficient (Wildman–Crippen LogP) is 4.50. The van der Waals surface area contributed by atoms with E-state index in [1.54, 1.807) is 13.2 Å². The first-order chi connectivity index (χ1) is 10.1. The summed E-state index contributed by atoms with van der Waals surface area (Å²) < 4.78 is 5.15. The van der Waals surface area contributed by atoms with Gasteiger partial charge in [0.2, 0.25) is 0 Å². The van der Waals surface area contributed by atoms with Gasteiger partial charge in [-0.2, -0.15) is 0 Å². The molecule has 0 spiro atoms. The predicted molar refractivity (Wildman–Crippen MR) is 89.5 cm³/mol. The maximum absolute atomic E-state index is 6.20. The molecule has 0 saturated carbocycles. The summed E-state index contributed by atoms with van der Waals surface area (Å²) in [5.74, 6) is 0.869. The number of aryl methyl sites for hydroxylation is 1. The molecule has 1 unspecified atom stereocenters. The third-order valence-electron chi connectivity index (χ3n) is 3.48. The van der Waals surface area contributed by atoms with Crippen molar-refractivity contribution < 1.29 is 4.74 Å². The third kappa shape index (κ3) is 4.63. The molecular formula is C17H19Cl2NO. The minimum atomic E-state index is 0.0584. The zero-order chi connectivity index (χ0) is 15.2. The van der Waals surface area contributed by atoms with Crippen molar-refractivity contribution >= 4 is 23.2 Å². The molecule has 0 aliphatic carbocycles. The molecule has 0 aliphatic heterocycles. The molecule has 2 aromatic rings. The first-order valence-corrected chi connectivity index (χ1v) is 7.67. The molecule has 0 saturated heterocycles. The zero-order valence-electron chi connectivity index (χ0n) is 12.0. The van der Waals surface area contributed by atoms with E-state index in [1.807, 2.05) is 24.3 Å². The van der Waals surface area contributed by atoms with Crippen LogP contribution in [0.25, 0.3) is 0 Å². The van der Waals surface area contributed by atoms with E-state index in [-0.39, 0.29) is 6.04 Å². The largest absolute Gasteiger partial charge is 0.497 e. The van der Waals surface area contributed by atoms with Gasteiger partial charge in [-0.1, -0.05) is 47.5 Å². The molecule has 2 N–H and O–H groups in total. The summed E-state index contributed by atoms with van der Waals surface area (Å²) in [5, 5.41) is 1.19. The van der Waals surface area contributed by atoms with Gasteiger partial charge in [0.25, 0.3) is 0 Å². The average molecular weight is 324 g/mol. The molecule has 1 atom stereocenters. The van der Waals surface area contributed by atoms with Crippen LogP contribution in [-0.2, 0) is 12.8 Å². The number of benzene rings is 2. The second-order valence-electron chi connectivity index (χ2n) is 5.06. The lowest BCUT2D eigenvalue weighted by molar-refractivity contribution is 0.414. The Bertz CT molecular complexity index is 584. The van der Waals surface area contributed by atoms with Crippen LogP contribution >= 0.6 is 23.2 Å². The van der Waals surface area contributed by atoms with Gasteiger partial charge in [0.15, 0.2) is 0 Å². The number of hydrogen-bond acceptors (Lipinski definition) is 2. The molecule has 0 aliphatic rings. The summed E-state index contributed by atoms with van der Waals surface area (Å²) in [7, 11) is 1.67. The van der Waals surface area contributed by atoms with Crippen LogP contribution in [0.2, 0.25) is 10.0 Å². The second kappa shape index (κ2) is 7.69. The summed E-state index contributed by atoms with van der Waals surface area (Å²) in [6, 6.07) is 13.8. The topological polar surface area (TPSA) is 35.2 Å². The quantitative estimate of drug-likeness (QED) is 0.849. The fourth-order valence-electron chi connectivity index (χ4n) is 2.23. The Labute approximate surface area is 135 Å². The lowest BCUT2D eigenvalue weighted by Gasteiger charge is -2.13. The van der Waals surface area contributed by atoms with Crippen LogP contribution in [0.3, 0.4) is 0 Å². The first kappa shape index (κ1) is 16.2. The molecule has 2 rings (SSSR count). The Kier molecular flexibility index (Phi) is 5.92. The van der Waals surface area contributed by atoms with Gasteiger partial charge in [0.05, 0.1) is 17.2 Å². The van der Waals surface area contributed by atoms with E-state index in [0.717, 1.165) is 30.6 Å². The van der Waals surface area contributed by atoms with Crippen LogP contribution in [0.15, 0.2) is 42.5 Å². The number of rotatable bonds is 6. The normalized spacial score (nSPS) is 12.2. The zero-order valence-corrected chi connectivity index (χ0v) is 13.5. The minimum Gasteiger partial charge on any atom is -0.497 e. The fourth-order valence-corrected chi connectivity index (χ4v) is 2.63. The van der Waals surface area contributed by atoms with E-state index in [9.17, 15) is 0 Å². The Hall–Kier alpha value is -1.22. The van der Waals surface area contributed by atoms with Crippen molar-refractivity contribution in [3.63, 3.8) is 0 Å². The average Bonchev–Trinajstić information content (AvgIpc) is 2.50. The van der Waals surface area contributed by atoms with Gasteiger partial charge in [-0.3, -0.25) is 0 Å². The van der Waals surface area contributed by atoms with E-state index in [1.165, 1.54) is 5.56 Å². The Morgan fingerprint density at radius 2 is 1.81 bits per heavy atom. The molecule has 0 fully saturated rings. The van der Waals surface area contributed by atoms with E-state index in [4.69, 9.17) is 33.7 Å². The van der Waals surface area contributed by atoms with Gasteiger partial charge in [0.1, 0.15) is 5.75 Å². The lowest BCUT2D eigenvalue weighted by Crippen LogP contribution is -2.23. The molecule has 21 heavy (non-hydrogen) atoms. The molecule has 0 aromatic heterocycles. The highest BCUT2D eigenvalue weighted by Crippen LogP contribution is 2.26. The lowest BCUT2D eigenvalue weighted by atomic mass is 10.00. The molecule has 0 bridgehead atoms. The van der Waals surface area contributed by atoms with Crippen molar-refractivity contribution in [1.82, 2.24) is 0 Å². The monoisotopic (exact) mass is 323 g/mol. The van der Waals surface area contributed by atoms with Gasteiger partial charge in [0, 0.05) is 6.04 Å². The van der Waals surface area contributed by atoms with Crippen molar-refractivity contribution in [2.24, 2.45) is 5.73 Å². The van der Waals surface area contributed by atoms with E-state index >= 15 is 0 Å². The second-order valence-corrected chi connectivity index (χ2v) is 5.85. The van der Waals surface area contributed by atoms with Crippen LogP contribution in [-0.4, -0.2) is 13.2 Å². The van der Waals surface area contributed by atoms with Crippen molar-refractivity contribution in [2.75, 3.05) is 7.11 Å². The third-order valence-corrected chi connectivity index (χ3v) is 4.33. The molecule has 0 radical (unpaired) electrons. The van der Waals surface area contributed by atoms with Gasteiger partial charge in [-0.25, -0.2) is 0 Å². The molecule has 4 heteroatoms. The SMILES string of the molecule is COc1ccc(CCC(N)Cc2cccc(Cl)c2Cl)cc1.